The van der Waals surface area contributed by atoms with Crippen LogP contribution in [-0.4, -0.2) is 54.7 Å². The van der Waals surface area contributed by atoms with Crippen molar-refractivity contribution in [3.63, 3.8) is 0 Å². The van der Waals surface area contributed by atoms with Crippen molar-refractivity contribution in [1.29, 1.82) is 0 Å². The number of hydrogen-bond acceptors (Lipinski definition) is 4. The highest BCUT2D eigenvalue weighted by molar-refractivity contribution is 8.01. The van der Waals surface area contributed by atoms with E-state index in [0.717, 1.165) is 39.1 Å². The zero-order chi connectivity index (χ0) is 16.9. The number of thioether (sulfide) groups is 1. The van der Waals surface area contributed by atoms with Crippen molar-refractivity contribution in [1.82, 2.24) is 15.5 Å². The van der Waals surface area contributed by atoms with Gasteiger partial charge in [0.05, 0.1) is 11.1 Å². The minimum absolute atomic E-state index is 0. The first-order chi connectivity index (χ1) is 11.6. The molecule has 2 atom stereocenters. The molecule has 0 radical (unpaired) electrons. The van der Waals surface area contributed by atoms with Gasteiger partial charge < -0.3 is 15.5 Å². The van der Waals surface area contributed by atoms with Gasteiger partial charge in [-0.15, -0.1) is 24.2 Å². The summed E-state index contributed by atoms with van der Waals surface area (Å²) in [6, 6.07) is 6.59. The van der Waals surface area contributed by atoms with E-state index in [0.29, 0.717) is 11.7 Å². The van der Waals surface area contributed by atoms with Crippen LogP contribution in [0.2, 0.25) is 0 Å². The molecule has 1 aromatic carbocycles. The average Bonchev–Trinajstić information content (AvgIpc) is 3.02. The number of carbonyl (C=O) groups excluding carboxylic acids is 1. The van der Waals surface area contributed by atoms with Crippen LogP contribution in [0, 0.1) is 13.8 Å². The molecule has 0 aliphatic carbocycles. The Kier molecular flexibility index (Phi) is 8.07. The summed E-state index contributed by atoms with van der Waals surface area (Å²) in [5, 5.41) is 6.82. The summed E-state index contributed by atoms with van der Waals surface area (Å²) in [7, 11) is 0. The predicted molar refractivity (Wildman–Crippen MR) is 109 cm³/mol. The molecule has 2 fully saturated rings. The number of halogens is 1. The molecule has 2 aliphatic rings. The first-order valence-corrected chi connectivity index (χ1v) is 10.1. The van der Waals surface area contributed by atoms with Gasteiger partial charge in [-0.05, 0) is 49.9 Å². The van der Waals surface area contributed by atoms with Crippen molar-refractivity contribution in [2.75, 3.05) is 38.5 Å². The van der Waals surface area contributed by atoms with Crippen molar-refractivity contribution in [2.45, 2.75) is 38.0 Å². The zero-order valence-electron chi connectivity index (χ0n) is 15.2. The van der Waals surface area contributed by atoms with Crippen LogP contribution in [0.25, 0.3) is 0 Å². The third kappa shape index (κ3) is 5.36. The van der Waals surface area contributed by atoms with Gasteiger partial charge in [-0.25, -0.2) is 0 Å². The Hall–Kier alpha value is -0.750. The fraction of sp³-hybridized carbons (Fsp3) is 0.632. The van der Waals surface area contributed by atoms with Crippen molar-refractivity contribution in [3.8, 4) is 0 Å². The van der Waals surface area contributed by atoms with E-state index in [-0.39, 0.29) is 23.7 Å². The minimum atomic E-state index is 0. The summed E-state index contributed by atoms with van der Waals surface area (Å²) in [5.41, 5.74) is 4.13. The molecule has 0 saturated carbocycles. The molecule has 2 aliphatic heterocycles. The standard InChI is InChI=1S/C19H29N3OS.ClH/c1-14-5-3-6-16(15(14)2)17(19-21-18(23)13-24-19)7-4-10-22-11-8-20-9-12-22;/h3,5-6,17,19-20H,4,7-13H2,1-2H3,(H,21,23);1H. The maximum absolute atomic E-state index is 11.7. The molecule has 4 nitrogen and oxygen atoms in total. The number of nitrogens with one attached hydrogen (secondary N) is 2. The van der Waals surface area contributed by atoms with Crippen LogP contribution in [0.1, 0.15) is 35.4 Å². The Labute approximate surface area is 161 Å². The number of rotatable bonds is 6. The van der Waals surface area contributed by atoms with Crippen LogP contribution in [0.5, 0.6) is 0 Å². The lowest BCUT2D eigenvalue weighted by molar-refractivity contribution is -0.118. The normalized spacial score (nSPS) is 22.3. The number of aryl methyl sites for hydroxylation is 1. The van der Waals surface area contributed by atoms with Crippen molar-refractivity contribution >= 4 is 30.1 Å². The third-order valence-corrected chi connectivity index (χ3v) is 6.54. The van der Waals surface area contributed by atoms with Gasteiger partial charge in [-0.3, -0.25) is 4.79 Å². The minimum Gasteiger partial charge on any atom is -0.343 e. The van der Waals surface area contributed by atoms with Gasteiger partial charge in [-0.1, -0.05) is 18.2 Å². The van der Waals surface area contributed by atoms with Crippen molar-refractivity contribution in [3.05, 3.63) is 34.9 Å². The molecule has 1 amide bonds. The summed E-state index contributed by atoms with van der Waals surface area (Å²) in [5.74, 6) is 1.19. The molecule has 140 valence electrons. The van der Waals surface area contributed by atoms with E-state index >= 15 is 0 Å². The molecule has 25 heavy (non-hydrogen) atoms. The van der Waals surface area contributed by atoms with E-state index < -0.39 is 0 Å². The van der Waals surface area contributed by atoms with E-state index in [4.69, 9.17) is 0 Å². The Balaban J connectivity index is 0.00000225. The van der Waals surface area contributed by atoms with Crippen LogP contribution in [0.3, 0.4) is 0 Å². The number of amides is 1. The summed E-state index contributed by atoms with van der Waals surface area (Å²) in [6.45, 7) is 10.1. The SMILES string of the molecule is Cc1cccc(C(CCCN2CCNCC2)C2NC(=O)CS2)c1C.Cl. The second-order valence-corrected chi connectivity index (χ2v) is 8.06. The van der Waals surface area contributed by atoms with E-state index in [2.05, 4.69) is 47.6 Å². The number of nitrogens with zero attached hydrogens (tertiary/aromatic N) is 1. The lowest BCUT2D eigenvalue weighted by Crippen LogP contribution is -2.43. The van der Waals surface area contributed by atoms with Crippen LogP contribution in [-0.2, 0) is 4.79 Å². The van der Waals surface area contributed by atoms with Gasteiger partial charge >= 0.3 is 0 Å². The summed E-state index contributed by atoms with van der Waals surface area (Å²) < 4.78 is 0. The van der Waals surface area contributed by atoms with Gasteiger partial charge in [0, 0.05) is 32.1 Å². The van der Waals surface area contributed by atoms with Gasteiger partial charge in [-0.2, -0.15) is 0 Å². The molecule has 2 N–H and O–H groups in total. The van der Waals surface area contributed by atoms with Gasteiger partial charge in [0.2, 0.25) is 5.91 Å². The van der Waals surface area contributed by atoms with E-state index in [1.54, 1.807) is 11.8 Å². The first kappa shape index (κ1) is 20.6. The molecule has 1 aromatic rings. The molecule has 2 heterocycles. The Morgan fingerprint density at radius 3 is 2.72 bits per heavy atom. The highest BCUT2D eigenvalue weighted by atomic mass is 35.5. The highest BCUT2D eigenvalue weighted by Crippen LogP contribution is 2.36. The van der Waals surface area contributed by atoms with E-state index in [1.807, 2.05) is 0 Å². The van der Waals surface area contributed by atoms with Crippen LogP contribution >= 0.6 is 24.2 Å². The Morgan fingerprint density at radius 1 is 1.28 bits per heavy atom. The summed E-state index contributed by atoms with van der Waals surface area (Å²) in [6.07, 6.45) is 2.32. The molecule has 0 aromatic heterocycles. The lowest BCUT2D eigenvalue weighted by Gasteiger charge is -2.29. The molecule has 2 unspecified atom stereocenters. The smallest absolute Gasteiger partial charge is 0.230 e. The molecular weight excluding hydrogens is 354 g/mol. The molecule has 6 heteroatoms. The van der Waals surface area contributed by atoms with Crippen LogP contribution < -0.4 is 10.6 Å². The maximum Gasteiger partial charge on any atom is 0.230 e. The fourth-order valence-corrected chi connectivity index (χ4v) is 4.88. The topological polar surface area (TPSA) is 44.4 Å². The fourth-order valence-electron chi connectivity index (χ4n) is 3.74. The molecular formula is C19H30ClN3OS. The van der Waals surface area contributed by atoms with Crippen molar-refractivity contribution < 1.29 is 4.79 Å². The number of carbonyl (C=O) groups is 1. The van der Waals surface area contributed by atoms with E-state index in [9.17, 15) is 4.79 Å². The lowest BCUT2D eigenvalue weighted by atomic mass is 9.88. The van der Waals surface area contributed by atoms with Crippen LogP contribution in [0.4, 0.5) is 0 Å². The molecule has 0 bridgehead atoms. The van der Waals surface area contributed by atoms with Gasteiger partial charge in [0.15, 0.2) is 0 Å². The quantitative estimate of drug-likeness (QED) is 0.792. The molecule has 3 rings (SSSR count). The number of hydrogen-bond donors (Lipinski definition) is 2. The van der Waals surface area contributed by atoms with Gasteiger partial charge in [0.1, 0.15) is 0 Å². The molecule has 2 saturated heterocycles. The predicted octanol–water partition coefficient (Wildman–Crippen LogP) is 2.68. The highest BCUT2D eigenvalue weighted by Gasteiger charge is 2.31. The largest absolute Gasteiger partial charge is 0.343 e. The summed E-state index contributed by atoms with van der Waals surface area (Å²) >= 11 is 1.77. The second-order valence-electron chi connectivity index (χ2n) is 6.93. The summed E-state index contributed by atoms with van der Waals surface area (Å²) in [4.78, 5) is 14.3. The number of piperazine rings is 1. The van der Waals surface area contributed by atoms with Crippen molar-refractivity contribution in [2.24, 2.45) is 0 Å². The monoisotopic (exact) mass is 383 g/mol. The van der Waals surface area contributed by atoms with Gasteiger partial charge in [0.25, 0.3) is 0 Å². The van der Waals surface area contributed by atoms with E-state index in [1.165, 1.54) is 23.1 Å². The Bertz CT molecular complexity index is 578. The first-order valence-electron chi connectivity index (χ1n) is 9.05. The second kappa shape index (κ2) is 9.81. The zero-order valence-corrected chi connectivity index (χ0v) is 16.8. The molecule has 0 spiro atoms. The van der Waals surface area contributed by atoms with Crippen LogP contribution in [0.15, 0.2) is 18.2 Å². The average molecular weight is 384 g/mol. The maximum atomic E-state index is 11.7. The third-order valence-electron chi connectivity index (χ3n) is 5.31. The Morgan fingerprint density at radius 2 is 2.04 bits per heavy atom. The number of benzene rings is 1.